The highest BCUT2D eigenvalue weighted by Gasteiger charge is 2.53. The van der Waals surface area contributed by atoms with Crippen LogP contribution in [0.3, 0.4) is 0 Å². The van der Waals surface area contributed by atoms with E-state index in [4.69, 9.17) is 4.74 Å². The number of ether oxygens (including phenoxy) is 2. The zero-order valence-corrected chi connectivity index (χ0v) is 10.4. The van der Waals surface area contributed by atoms with E-state index in [1.807, 2.05) is 6.92 Å². The van der Waals surface area contributed by atoms with Crippen LogP contribution in [0, 0.1) is 17.8 Å². The summed E-state index contributed by atoms with van der Waals surface area (Å²) < 4.78 is 48.6. The van der Waals surface area contributed by atoms with Gasteiger partial charge in [0.2, 0.25) is 0 Å². The van der Waals surface area contributed by atoms with E-state index in [-0.39, 0.29) is 24.9 Å². The van der Waals surface area contributed by atoms with Gasteiger partial charge in [-0.05, 0) is 26.2 Å². The van der Waals surface area contributed by atoms with Crippen molar-refractivity contribution in [2.45, 2.75) is 44.6 Å². The molecule has 104 valence electrons. The van der Waals surface area contributed by atoms with Crippen LogP contribution in [0.25, 0.3) is 0 Å². The van der Waals surface area contributed by atoms with Gasteiger partial charge in [-0.2, -0.15) is 13.2 Å². The molecule has 6 heteroatoms. The van der Waals surface area contributed by atoms with Crippen LogP contribution in [0.4, 0.5) is 13.2 Å². The monoisotopic (exact) mass is 266 g/mol. The Balaban J connectivity index is 2.18. The molecule has 2 aliphatic rings. The van der Waals surface area contributed by atoms with Gasteiger partial charge in [0.15, 0.2) is 0 Å². The third-order valence-electron chi connectivity index (χ3n) is 4.03. The summed E-state index contributed by atoms with van der Waals surface area (Å²) in [6.07, 6.45) is -4.40. The van der Waals surface area contributed by atoms with Crippen LogP contribution >= 0.6 is 0 Å². The van der Waals surface area contributed by atoms with Gasteiger partial charge in [0.1, 0.15) is 0 Å². The molecule has 1 saturated carbocycles. The standard InChI is InChI=1S/C12H17F3O3/c1-6-3-8-9(11(16)17-2)4-7(12(13,14)15)5-10(8)18-6/h6-10H,3-5H2,1-2H3/t6-,7+,8-,9-,10+/m1/s1. The summed E-state index contributed by atoms with van der Waals surface area (Å²) >= 11 is 0. The predicted octanol–water partition coefficient (Wildman–Crippen LogP) is 2.54. The molecule has 0 aromatic heterocycles. The number of alkyl halides is 3. The highest BCUT2D eigenvalue weighted by molar-refractivity contribution is 5.73. The number of carbonyl (C=O) groups is 1. The molecular formula is C12H17F3O3. The lowest BCUT2D eigenvalue weighted by Crippen LogP contribution is -2.42. The Labute approximate surface area is 104 Å². The first-order chi connectivity index (χ1) is 8.32. The quantitative estimate of drug-likeness (QED) is 0.684. The molecule has 0 aromatic rings. The normalized spacial score (nSPS) is 40.4. The van der Waals surface area contributed by atoms with Crippen molar-refractivity contribution in [3.63, 3.8) is 0 Å². The summed E-state index contributed by atoms with van der Waals surface area (Å²) in [6.45, 7) is 1.83. The van der Waals surface area contributed by atoms with Crippen LogP contribution in [0.1, 0.15) is 26.2 Å². The number of methoxy groups -OCH3 is 1. The van der Waals surface area contributed by atoms with E-state index >= 15 is 0 Å². The van der Waals surface area contributed by atoms with Gasteiger partial charge in [-0.3, -0.25) is 4.79 Å². The third-order valence-corrected chi connectivity index (χ3v) is 4.03. The van der Waals surface area contributed by atoms with Gasteiger partial charge < -0.3 is 9.47 Å². The van der Waals surface area contributed by atoms with Crippen LogP contribution in [0.15, 0.2) is 0 Å². The molecule has 2 rings (SSSR count). The Morgan fingerprint density at radius 2 is 1.94 bits per heavy atom. The summed E-state index contributed by atoms with van der Waals surface area (Å²) in [5, 5.41) is 0. The molecule has 0 amide bonds. The van der Waals surface area contributed by atoms with Crippen LogP contribution in [-0.4, -0.2) is 31.5 Å². The molecule has 0 radical (unpaired) electrons. The number of carbonyl (C=O) groups excluding carboxylic acids is 1. The molecule has 2 fully saturated rings. The van der Waals surface area contributed by atoms with Crippen molar-refractivity contribution >= 4 is 5.97 Å². The van der Waals surface area contributed by atoms with Gasteiger partial charge in [-0.25, -0.2) is 0 Å². The summed E-state index contributed by atoms with van der Waals surface area (Å²) in [7, 11) is 1.22. The van der Waals surface area contributed by atoms with Gasteiger partial charge in [0.05, 0.1) is 31.2 Å². The molecule has 1 aliphatic heterocycles. The van der Waals surface area contributed by atoms with Crippen molar-refractivity contribution in [3.8, 4) is 0 Å². The Hall–Kier alpha value is -0.780. The predicted molar refractivity (Wildman–Crippen MR) is 56.7 cm³/mol. The summed E-state index contributed by atoms with van der Waals surface area (Å²) in [6, 6.07) is 0. The third kappa shape index (κ3) is 2.48. The molecule has 1 aliphatic carbocycles. The van der Waals surface area contributed by atoms with Crippen molar-refractivity contribution < 1.29 is 27.4 Å². The maximum atomic E-state index is 12.8. The maximum Gasteiger partial charge on any atom is 0.391 e. The van der Waals surface area contributed by atoms with Gasteiger partial charge in [0.25, 0.3) is 0 Å². The second kappa shape index (κ2) is 4.72. The average Bonchev–Trinajstić information content (AvgIpc) is 2.65. The largest absolute Gasteiger partial charge is 0.469 e. The molecule has 0 N–H and O–H groups in total. The van der Waals surface area contributed by atoms with Crippen molar-refractivity contribution in [1.29, 1.82) is 0 Å². The minimum atomic E-state index is -4.27. The second-order valence-corrected chi connectivity index (χ2v) is 5.22. The molecule has 18 heavy (non-hydrogen) atoms. The SMILES string of the molecule is COC(=O)[C@@H]1C[C@H](C(F)(F)F)C[C@@H]2O[C@H](C)C[C@@H]21. The lowest BCUT2D eigenvalue weighted by Gasteiger charge is -2.36. The Morgan fingerprint density at radius 1 is 1.28 bits per heavy atom. The summed E-state index contributed by atoms with van der Waals surface area (Å²) in [4.78, 5) is 11.6. The summed E-state index contributed by atoms with van der Waals surface area (Å²) in [5.41, 5.74) is 0. The van der Waals surface area contributed by atoms with Crippen molar-refractivity contribution in [3.05, 3.63) is 0 Å². The Morgan fingerprint density at radius 3 is 2.50 bits per heavy atom. The fraction of sp³-hybridized carbons (Fsp3) is 0.917. The van der Waals surface area contributed by atoms with E-state index in [1.54, 1.807) is 0 Å². The molecule has 3 nitrogen and oxygen atoms in total. The zero-order valence-electron chi connectivity index (χ0n) is 10.4. The highest BCUT2D eigenvalue weighted by Crippen LogP contribution is 2.48. The second-order valence-electron chi connectivity index (χ2n) is 5.22. The average molecular weight is 266 g/mol. The number of hydrogen-bond acceptors (Lipinski definition) is 3. The van der Waals surface area contributed by atoms with Gasteiger partial charge in [-0.15, -0.1) is 0 Å². The van der Waals surface area contributed by atoms with E-state index in [1.165, 1.54) is 7.11 Å². The fourth-order valence-corrected chi connectivity index (χ4v) is 3.19. The number of rotatable bonds is 1. The molecule has 0 aromatic carbocycles. The van der Waals surface area contributed by atoms with E-state index < -0.39 is 30.1 Å². The minimum absolute atomic E-state index is 0.0357. The molecule has 1 heterocycles. The highest BCUT2D eigenvalue weighted by atomic mass is 19.4. The van der Waals surface area contributed by atoms with Crippen LogP contribution in [0.5, 0.6) is 0 Å². The molecule has 0 bridgehead atoms. The fourth-order valence-electron chi connectivity index (χ4n) is 3.19. The number of halogens is 3. The first-order valence-electron chi connectivity index (χ1n) is 6.13. The zero-order chi connectivity index (χ0) is 13.5. The number of hydrogen-bond donors (Lipinski definition) is 0. The summed E-state index contributed by atoms with van der Waals surface area (Å²) in [5.74, 6) is -2.83. The van der Waals surface area contributed by atoms with E-state index in [9.17, 15) is 18.0 Å². The first kappa shape index (κ1) is 13.6. The van der Waals surface area contributed by atoms with Crippen LogP contribution in [0.2, 0.25) is 0 Å². The first-order valence-corrected chi connectivity index (χ1v) is 6.13. The van der Waals surface area contributed by atoms with Crippen molar-refractivity contribution in [1.82, 2.24) is 0 Å². The van der Waals surface area contributed by atoms with E-state index in [0.717, 1.165) is 0 Å². The van der Waals surface area contributed by atoms with Crippen LogP contribution < -0.4 is 0 Å². The van der Waals surface area contributed by atoms with E-state index in [2.05, 4.69) is 4.74 Å². The molecule has 0 spiro atoms. The maximum absolute atomic E-state index is 12.8. The van der Waals surface area contributed by atoms with Crippen molar-refractivity contribution in [2.75, 3.05) is 7.11 Å². The van der Waals surface area contributed by atoms with Gasteiger partial charge >= 0.3 is 12.1 Å². The lowest BCUT2D eigenvalue weighted by molar-refractivity contribution is -0.202. The number of esters is 1. The number of fused-ring (bicyclic) bond motifs is 1. The van der Waals surface area contributed by atoms with Crippen LogP contribution in [-0.2, 0) is 14.3 Å². The molecular weight excluding hydrogens is 249 g/mol. The van der Waals surface area contributed by atoms with Gasteiger partial charge in [0, 0.05) is 5.92 Å². The Kier molecular flexibility index (Phi) is 3.58. The van der Waals surface area contributed by atoms with Gasteiger partial charge in [-0.1, -0.05) is 0 Å². The lowest BCUT2D eigenvalue weighted by atomic mass is 9.71. The topological polar surface area (TPSA) is 35.5 Å². The molecule has 5 atom stereocenters. The smallest absolute Gasteiger partial charge is 0.391 e. The Bertz CT molecular complexity index is 329. The van der Waals surface area contributed by atoms with Crippen molar-refractivity contribution in [2.24, 2.45) is 17.8 Å². The minimum Gasteiger partial charge on any atom is -0.469 e. The molecule has 1 saturated heterocycles. The van der Waals surface area contributed by atoms with E-state index in [0.29, 0.717) is 6.42 Å². The molecule has 0 unspecified atom stereocenters.